The molecule has 152 valence electrons. The molecule has 0 spiro atoms. The van der Waals surface area contributed by atoms with E-state index in [0.29, 0.717) is 11.2 Å². The number of benzene rings is 1. The molecule has 4 aromatic rings. The van der Waals surface area contributed by atoms with Gasteiger partial charge in [-0.2, -0.15) is 4.98 Å². The Morgan fingerprint density at radius 2 is 1.72 bits per heavy atom. The molecule has 0 fully saturated rings. The smallest absolute Gasteiger partial charge is 0.314 e. The van der Waals surface area contributed by atoms with Gasteiger partial charge in [0.25, 0.3) is 5.56 Å². The van der Waals surface area contributed by atoms with Gasteiger partial charge in [0.05, 0.1) is 6.54 Å². The first kappa shape index (κ1) is 19.2. The number of nitrogens with zero attached hydrogens (tertiary/aromatic N) is 5. The van der Waals surface area contributed by atoms with E-state index in [0.717, 1.165) is 47.7 Å². The van der Waals surface area contributed by atoms with Crippen molar-refractivity contribution >= 4 is 16.9 Å². The Morgan fingerprint density at radius 1 is 1.00 bits per heavy atom. The predicted octanol–water partition coefficient (Wildman–Crippen LogP) is 2.92. The van der Waals surface area contributed by atoms with Crippen LogP contribution < -0.4 is 11.2 Å². The molecule has 7 nitrogen and oxygen atoms in total. The molecule has 3 heterocycles. The molecular formula is C22H27N5O2. The summed E-state index contributed by atoms with van der Waals surface area (Å²) < 4.78 is 6.86. The Morgan fingerprint density at radius 3 is 2.41 bits per heavy atom. The third kappa shape index (κ3) is 2.84. The van der Waals surface area contributed by atoms with Crippen LogP contribution in [0.3, 0.4) is 0 Å². The van der Waals surface area contributed by atoms with Crippen molar-refractivity contribution in [2.24, 2.45) is 7.05 Å². The molecule has 0 amide bonds. The molecule has 4 rings (SSSR count). The number of imidazole rings is 2. The predicted molar refractivity (Wildman–Crippen MR) is 115 cm³/mol. The maximum absolute atomic E-state index is 13.5. The highest BCUT2D eigenvalue weighted by atomic mass is 16.2. The van der Waals surface area contributed by atoms with Crippen molar-refractivity contribution in [1.82, 2.24) is 23.1 Å². The van der Waals surface area contributed by atoms with E-state index in [1.807, 2.05) is 42.5 Å². The van der Waals surface area contributed by atoms with Gasteiger partial charge in [0, 0.05) is 25.0 Å². The topological polar surface area (TPSA) is 66.2 Å². The van der Waals surface area contributed by atoms with Crippen LogP contribution in [0.2, 0.25) is 0 Å². The highest BCUT2D eigenvalue weighted by Crippen LogP contribution is 2.21. The van der Waals surface area contributed by atoms with Crippen molar-refractivity contribution in [2.75, 3.05) is 0 Å². The van der Waals surface area contributed by atoms with E-state index in [1.54, 1.807) is 7.05 Å². The Hall–Kier alpha value is -3.09. The van der Waals surface area contributed by atoms with Crippen molar-refractivity contribution in [1.29, 1.82) is 0 Å². The number of aromatic nitrogens is 5. The van der Waals surface area contributed by atoms with Crippen LogP contribution in [0.1, 0.15) is 42.3 Å². The molecule has 3 aromatic heterocycles. The summed E-state index contributed by atoms with van der Waals surface area (Å²) >= 11 is 0. The van der Waals surface area contributed by atoms with Gasteiger partial charge in [-0.25, -0.2) is 4.79 Å². The fraction of sp³-hybridized carbons (Fsp3) is 0.409. The minimum absolute atomic E-state index is 0.246. The van der Waals surface area contributed by atoms with E-state index >= 15 is 0 Å². The molecule has 29 heavy (non-hydrogen) atoms. The number of rotatable bonds is 5. The van der Waals surface area contributed by atoms with Crippen LogP contribution in [0.15, 0.2) is 33.9 Å². The molecule has 0 aliphatic heterocycles. The van der Waals surface area contributed by atoms with Crippen LogP contribution >= 0.6 is 0 Å². The zero-order valence-electron chi connectivity index (χ0n) is 17.7. The van der Waals surface area contributed by atoms with Crippen LogP contribution in [-0.4, -0.2) is 23.1 Å². The summed E-state index contributed by atoms with van der Waals surface area (Å²) in [6.07, 6.45) is 2.11. The van der Waals surface area contributed by atoms with Crippen molar-refractivity contribution in [2.45, 2.75) is 53.6 Å². The third-order valence-electron chi connectivity index (χ3n) is 5.95. The summed E-state index contributed by atoms with van der Waals surface area (Å²) in [5, 5.41) is 0. The minimum Gasteiger partial charge on any atom is -0.314 e. The Balaban J connectivity index is 2.03. The first-order chi connectivity index (χ1) is 13.9. The van der Waals surface area contributed by atoms with E-state index < -0.39 is 0 Å². The fourth-order valence-corrected chi connectivity index (χ4v) is 4.00. The Labute approximate surface area is 168 Å². The monoisotopic (exact) mass is 393 g/mol. The molecule has 0 radical (unpaired) electrons. The molecule has 7 heteroatoms. The zero-order valence-corrected chi connectivity index (χ0v) is 17.7. The maximum atomic E-state index is 13.5. The number of hydrogen-bond donors (Lipinski definition) is 0. The molecular weight excluding hydrogens is 366 g/mol. The van der Waals surface area contributed by atoms with Gasteiger partial charge in [0.1, 0.15) is 0 Å². The van der Waals surface area contributed by atoms with Gasteiger partial charge >= 0.3 is 5.69 Å². The molecule has 0 aliphatic rings. The fourth-order valence-electron chi connectivity index (χ4n) is 4.00. The van der Waals surface area contributed by atoms with Crippen LogP contribution in [0.25, 0.3) is 16.9 Å². The van der Waals surface area contributed by atoms with E-state index in [9.17, 15) is 9.59 Å². The van der Waals surface area contributed by atoms with Crippen molar-refractivity contribution in [3.05, 3.63) is 67.6 Å². The normalized spacial score (nSPS) is 11.8. The summed E-state index contributed by atoms with van der Waals surface area (Å²) in [7, 11) is 1.68. The lowest BCUT2D eigenvalue weighted by Gasteiger charge is -2.10. The highest BCUT2D eigenvalue weighted by molar-refractivity contribution is 5.76. The number of fused-ring (bicyclic) bond motifs is 3. The van der Waals surface area contributed by atoms with Crippen LogP contribution in [0.4, 0.5) is 0 Å². The van der Waals surface area contributed by atoms with Gasteiger partial charge in [-0.1, -0.05) is 37.6 Å². The standard InChI is InChI=1S/C22H27N5O2/c1-6-7-12-25-15(3)16(4)27-18-19(23-21(25)27)24(5)22(29)26(20(18)28)13-17-11-9-8-10-14(17)2/h8-11H,6-7,12-13H2,1-5H3. The SMILES string of the molecule is CCCCn1c(C)c(C)n2c3c(=O)n(Cc4ccccc4C)c(=O)n(C)c3nc12. The molecule has 0 saturated carbocycles. The second-order valence-electron chi connectivity index (χ2n) is 7.75. The van der Waals surface area contributed by atoms with Crippen molar-refractivity contribution < 1.29 is 0 Å². The lowest BCUT2D eigenvalue weighted by molar-refractivity contribution is 0.630. The molecule has 0 bridgehead atoms. The minimum atomic E-state index is -0.346. The highest BCUT2D eigenvalue weighted by Gasteiger charge is 2.22. The summed E-state index contributed by atoms with van der Waals surface area (Å²) in [4.78, 5) is 31.2. The van der Waals surface area contributed by atoms with Gasteiger partial charge in [-0.3, -0.25) is 18.3 Å². The van der Waals surface area contributed by atoms with Crippen molar-refractivity contribution in [3.63, 3.8) is 0 Å². The number of unbranched alkanes of at least 4 members (excludes halogenated alkanes) is 1. The first-order valence-corrected chi connectivity index (χ1v) is 10.1. The summed E-state index contributed by atoms with van der Waals surface area (Å²) in [6, 6.07) is 7.82. The molecule has 0 N–H and O–H groups in total. The van der Waals surface area contributed by atoms with E-state index in [2.05, 4.69) is 18.4 Å². The first-order valence-electron chi connectivity index (χ1n) is 10.1. The molecule has 0 saturated heterocycles. The van der Waals surface area contributed by atoms with Crippen LogP contribution in [0.5, 0.6) is 0 Å². The molecule has 0 unspecified atom stereocenters. The van der Waals surface area contributed by atoms with E-state index in [1.165, 1.54) is 9.13 Å². The molecule has 0 atom stereocenters. The van der Waals surface area contributed by atoms with Gasteiger partial charge in [-0.15, -0.1) is 0 Å². The lowest BCUT2D eigenvalue weighted by Crippen LogP contribution is -2.39. The number of hydrogen-bond acceptors (Lipinski definition) is 3. The van der Waals surface area contributed by atoms with Crippen LogP contribution in [-0.2, 0) is 20.1 Å². The number of aryl methyl sites for hydroxylation is 4. The average Bonchev–Trinajstić information content (AvgIpc) is 3.20. The Bertz CT molecular complexity index is 1350. The molecule has 0 aliphatic carbocycles. The van der Waals surface area contributed by atoms with E-state index in [-0.39, 0.29) is 17.8 Å². The average molecular weight is 393 g/mol. The second kappa shape index (κ2) is 7.06. The van der Waals surface area contributed by atoms with Gasteiger partial charge in [0.2, 0.25) is 5.78 Å². The summed E-state index contributed by atoms with van der Waals surface area (Å²) in [5.74, 6) is 0.726. The molecule has 1 aromatic carbocycles. The van der Waals surface area contributed by atoms with Gasteiger partial charge in [-0.05, 0) is 38.3 Å². The van der Waals surface area contributed by atoms with Gasteiger partial charge < -0.3 is 4.57 Å². The zero-order chi connectivity index (χ0) is 20.9. The lowest BCUT2D eigenvalue weighted by atomic mass is 10.1. The van der Waals surface area contributed by atoms with E-state index in [4.69, 9.17) is 4.98 Å². The Kier molecular flexibility index (Phi) is 4.68. The largest absolute Gasteiger partial charge is 0.332 e. The summed E-state index contributed by atoms with van der Waals surface area (Å²) in [5.41, 5.74) is 4.35. The maximum Gasteiger partial charge on any atom is 0.332 e. The summed E-state index contributed by atoms with van der Waals surface area (Å²) in [6.45, 7) is 9.28. The van der Waals surface area contributed by atoms with Gasteiger partial charge in [0.15, 0.2) is 11.2 Å². The third-order valence-corrected chi connectivity index (χ3v) is 5.95. The quantitative estimate of drug-likeness (QED) is 0.524. The van der Waals surface area contributed by atoms with Crippen molar-refractivity contribution in [3.8, 4) is 0 Å². The second-order valence-corrected chi connectivity index (χ2v) is 7.75. The van der Waals surface area contributed by atoms with Crippen LogP contribution in [0, 0.1) is 20.8 Å².